The summed E-state index contributed by atoms with van der Waals surface area (Å²) in [6, 6.07) is 18.3. The Bertz CT molecular complexity index is 622. The average Bonchev–Trinajstić information content (AvgIpc) is 2.56. The molecule has 0 heterocycles. The Kier molecular flexibility index (Phi) is 5.37. The van der Waals surface area contributed by atoms with Crippen LogP contribution in [0.1, 0.15) is 28.8 Å². The number of aldehydes is 2. The molecule has 0 saturated carbocycles. The lowest BCUT2D eigenvalue weighted by Gasteiger charge is -2.29. The lowest BCUT2D eigenvalue weighted by Crippen LogP contribution is -2.35. The third-order valence-corrected chi connectivity index (χ3v) is 3.85. The number of ketones is 1. The molecule has 0 saturated heterocycles. The molecular weight excluding hydrogens is 276 g/mol. The van der Waals surface area contributed by atoms with E-state index in [0.717, 1.165) is 18.1 Å². The molecule has 0 fully saturated rings. The third-order valence-electron chi connectivity index (χ3n) is 3.85. The van der Waals surface area contributed by atoms with E-state index in [9.17, 15) is 14.4 Å². The molecule has 0 N–H and O–H groups in total. The first-order chi connectivity index (χ1) is 10.7. The van der Waals surface area contributed by atoms with Crippen molar-refractivity contribution < 1.29 is 14.4 Å². The van der Waals surface area contributed by atoms with E-state index in [1.54, 1.807) is 24.3 Å². The van der Waals surface area contributed by atoms with Crippen LogP contribution in [0, 0.1) is 5.41 Å². The second-order valence-electron chi connectivity index (χ2n) is 5.38. The van der Waals surface area contributed by atoms with Gasteiger partial charge in [-0.2, -0.15) is 0 Å². The van der Waals surface area contributed by atoms with Crippen molar-refractivity contribution in [1.82, 2.24) is 0 Å². The summed E-state index contributed by atoms with van der Waals surface area (Å²) in [5.41, 5.74) is 0.462. The van der Waals surface area contributed by atoms with Crippen LogP contribution in [0.25, 0.3) is 0 Å². The molecule has 0 amide bonds. The van der Waals surface area contributed by atoms with Crippen LogP contribution < -0.4 is 0 Å². The second-order valence-corrected chi connectivity index (χ2v) is 5.38. The van der Waals surface area contributed by atoms with Crippen LogP contribution in [-0.2, 0) is 16.0 Å². The first kappa shape index (κ1) is 15.8. The Morgan fingerprint density at radius 2 is 1.32 bits per heavy atom. The standard InChI is InChI=1S/C19H18O3/c20-13-11-19(12-14-21,15-16-7-3-1-4-8-16)18(22)17-9-5-2-6-10-17/h1-10,13-14H,11-12,15H2. The molecule has 3 heteroatoms. The normalized spacial score (nSPS) is 10.9. The fourth-order valence-electron chi connectivity index (χ4n) is 2.69. The van der Waals surface area contributed by atoms with E-state index in [-0.39, 0.29) is 18.6 Å². The lowest BCUT2D eigenvalue weighted by molar-refractivity contribution is -0.111. The molecule has 0 aliphatic carbocycles. The van der Waals surface area contributed by atoms with E-state index in [2.05, 4.69) is 0 Å². The van der Waals surface area contributed by atoms with E-state index in [4.69, 9.17) is 0 Å². The van der Waals surface area contributed by atoms with Crippen LogP contribution in [0.3, 0.4) is 0 Å². The van der Waals surface area contributed by atoms with Crippen molar-refractivity contribution in [1.29, 1.82) is 0 Å². The summed E-state index contributed by atoms with van der Waals surface area (Å²) in [6.07, 6.45) is 1.91. The van der Waals surface area contributed by atoms with Gasteiger partial charge in [-0.3, -0.25) is 4.79 Å². The highest BCUT2D eigenvalue weighted by atomic mass is 16.1. The van der Waals surface area contributed by atoms with Crippen LogP contribution in [0.15, 0.2) is 60.7 Å². The van der Waals surface area contributed by atoms with E-state index in [1.807, 2.05) is 36.4 Å². The van der Waals surface area contributed by atoms with Crippen LogP contribution in [0.2, 0.25) is 0 Å². The molecule has 2 aromatic rings. The summed E-state index contributed by atoms with van der Waals surface area (Å²) < 4.78 is 0. The predicted octanol–water partition coefficient (Wildman–Crippen LogP) is 3.28. The molecular formula is C19H18O3. The molecule has 3 nitrogen and oxygen atoms in total. The van der Waals surface area contributed by atoms with Gasteiger partial charge in [-0.1, -0.05) is 60.7 Å². The first-order valence-corrected chi connectivity index (χ1v) is 7.23. The van der Waals surface area contributed by atoms with Gasteiger partial charge in [-0.05, 0) is 12.0 Å². The topological polar surface area (TPSA) is 51.2 Å². The van der Waals surface area contributed by atoms with Gasteiger partial charge in [0.2, 0.25) is 0 Å². The van der Waals surface area contributed by atoms with E-state index in [0.29, 0.717) is 12.0 Å². The number of Topliss-reactive ketones (excluding diaryl/α,β-unsaturated/α-hetero) is 1. The molecule has 0 unspecified atom stereocenters. The Morgan fingerprint density at radius 1 is 0.818 bits per heavy atom. The van der Waals surface area contributed by atoms with Crippen LogP contribution >= 0.6 is 0 Å². The van der Waals surface area contributed by atoms with Crippen molar-refractivity contribution in [2.75, 3.05) is 0 Å². The monoisotopic (exact) mass is 294 g/mol. The number of hydrogen-bond donors (Lipinski definition) is 0. The highest BCUT2D eigenvalue weighted by Crippen LogP contribution is 2.34. The minimum Gasteiger partial charge on any atom is -0.303 e. The lowest BCUT2D eigenvalue weighted by atomic mass is 9.71. The molecule has 22 heavy (non-hydrogen) atoms. The maximum atomic E-state index is 12.9. The molecule has 0 spiro atoms. The molecule has 0 aliphatic heterocycles. The van der Waals surface area contributed by atoms with Crippen molar-refractivity contribution in [2.45, 2.75) is 19.3 Å². The number of rotatable bonds is 8. The van der Waals surface area contributed by atoms with Crippen LogP contribution in [0.5, 0.6) is 0 Å². The highest BCUT2D eigenvalue weighted by molar-refractivity contribution is 6.02. The van der Waals surface area contributed by atoms with Gasteiger partial charge in [0.25, 0.3) is 0 Å². The van der Waals surface area contributed by atoms with Gasteiger partial charge in [0.15, 0.2) is 5.78 Å². The molecule has 2 aromatic carbocycles. The largest absolute Gasteiger partial charge is 0.303 e. The molecule has 2 rings (SSSR count). The van der Waals surface area contributed by atoms with Crippen molar-refractivity contribution >= 4 is 18.4 Å². The average molecular weight is 294 g/mol. The van der Waals surface area contributed by atoms with Crippen molar-refractivity contribution in [3.05, 3.63) is 71.8 Å². The zero-order chi connectivity index (χ0) is 15.8. The second kappa shape index (κ2) is 7.46. The van der Waals surface area contributed by atoms with Crippen molar-refractivity contribution in [3.8, 4) is 0 Å². The van der Waals surface area contributed by atoms with E-state index >= 15 is 0 Å². The predicted molar refractivity (Wildman–Crippen MR) is 84.7 cm³/mol. The molecule has 0 bridgehead atoms. The Labute approximate surface area is 130 Å². The summed E-state index contributed by atoms with van der Waals surface area (Å²) in [7, 11) is 0. The Morgan fingerprint density at radius 3 is 1.82 bits per heavy atom. The van der Waals surface area contributed by atoms with Crippen molar-refractivity contribution in [3.63, 3.8) is 0 Å². The molecule has 112 valence electrons. The molecule has 0 aromatic heterocycles. The first-order valence-electron chi connectivity index (χ1n) is 7.23. The van der Waals surface area contributed by atoms with Gasteiger partial charge >= 0.3 is 0 Å². The van der Waals surface area contributed by atoms with Gasteiger partial charge in [-0.25, -0.2) is 0 Å². The minimum atomic E-state index is -1.01. The number of hydrogen-bond acceptors (Lipinski definition) is 3. The summed E-state index contributed by atoms with van der Waals surface area (Å²) in [4.78, 5) is 35.2. The van der Waals surface area contributed by atoms with Gasteiger partial charge < -0.3 is 9.59 Å². The minimum absolute atomic E-state index is 0.0361. The number of carbonyl (C=O) groups excluding carboxylic acids is 3. The van der Waals surface area contributed by atoms with Crippen LogP contribution in [0.4, 0.5) is 0 Å². The SMILES string of the molecule is O=CCC(CC=O)(Cc1ccccc1)C(=O)c1ccccc1. The summed E-state index contributed by atoms with van der Waals surface area (Å²) in [5.74, 6) is -0.156. The van der Waals surface area contributed by atoms with Gasteiger partial charge in [0, 0.05) is 18.4 Å². The summed E-state index contributed by atoms with van der Waals surface area (Å²) >= 11 is 0. The Hall–Kier alpha value is -2.55. The van der Waals surface area contributed by atoms with Crippen LogP contribution in [-0.4, -0.2) is 18.4 Å². The molecule has 0 aliphatic rings. The maximum Gasteiger partial charge on any atom is 0.170 e. The number of benzene rings is 2. The third kappa shape index (κ3) is 3.55. The summed E-state index contributed by atoms with van der Waals surface area (Å²) in [6.45, 7) is 0. The molecule has 0 radical (unpaired) electrons. The Balaban J connectivity index is 2.41. The zero-order valence-electron chi connectivity index (χ0n) is 12.3. The summed E-state index contributed by atoms with van der Waals surface area (Å²) in [5, 5.41) is 0. The zero-order valence-corrected chi connectivity index (χ0v) is 12.3. The molecule has 0 atom stereocenters. The fourth-order valence-corrected chi connectivity index (χ4v) is 2.69. The quantitative estimate of drug-likeness (QED) is 0.554. The fraction of sp³-hybridized carbons (Fsp3) is 0.211. The highest BCUT2D eigenvalue weighted by Gasteiger charge is 2.38. The van der Waals surface area contributed by atoms with E-state index < -0.39 is 5.41 Å². The smallest absolute Gasteiger partial charge is 0.170 e. The van der Waals surface area contributed by atoms with Gasteiger partial charge in [0.05, 0.1) is 5.41 Å². The van der Waals surface area contributed by atoms with Crippen molar-refractivity contribution in [2.24, 2.45) is 5.41 Å². The van der Waals surface area contributed by atoms with E-state index in [1.165, 1.54) is 0 Å². The van der Waals surface area contributed by atoms with Gasteiger partial charge in [-0.15, -0.1) is 0 Å². The number of carbonyl (C=O) groups is 3. The maximum absolute atomic E-state index is 12.9. The van der Waals surface area contributed by atoms with Gasteiger partial charge in [0.1, 0.15) is 12.6 Å².